The van der Waals surface area contributed by atoms with Crippen molar-refractivity contribution in [2.24, 2.45) is 0 Å². The number of methoxy groups -OCH3 is 1. The molecule has 2 heterocycles. The van der Waals surface area contributed by atoms with E-state index in [2.05, 4.69) is 77.7 Å². The van der Waals surface area contributed by atoms with E-state index in [9.17, 15) is 9.59 Å². The number of esters is 2. The van der Waals surface area contributed by atoms with Gasteiger partial charge >= 0.3 is 11.9 Å². The first-order chi connectivity index (χ1) is 27.5. The van der Waals surface area contributed by atoms with E-state index in [-0.39, 0.29) is 5.97 Å². The topological polar surface area (TPSA) is 65.1 Å². The Bertz CT molecular complexity index is 2410. The molecule has 2 fully saturated rings. The molecule has 0 N–H and O–H groups in total. The van der Waals surface area contributed by atoms with E-state index >= 15 is 0 Å². The van der Waals surface area contributed by atoms with Gasteiger partial charge in [-0.1, -0.05) is 98.1 Å². The molecule has 1 unspecified atom stereocenters. The van der Waals surface area contributed by atoms with E-state index in [1.165, 1.54) is 63.3 Å². The van der Waals surface area contributed by atoms with E-state index in [1.54, 1.807) is 0 Å². The summed E-state index contributed by atoms with van der Waals surface area (Å²) in [4.78, 5) is 28.8. The molecule has 6 heteroatoms. The lowest BCUT2D eigenvalue weighted by atomic mass is 9.82. The smallest absolute Gasteiger partial charge is 0.343 e. The Morgan fingerprint density at radius 3 is 2.11 bits per heavy atom. The first-order valence-corrected chi connectivity index (χ1v) is 19.9. The van der Waals surface area contributed by atoms with Crippen LogP contribution in [0.15, 0.2) is 133 Å². The van der Waals surface area contributed by atoms with Crippen LogP contribution < -0.4 is 14.4 Å². The molecule has 0 bridgehead atoms. The Hall–Kier alpha value is -6.14. The van der Waals surface area contributed by atoms with Gasteiger partial charge in [-0.3, -0.25) is 0 Å². The third kappa shape index (κ3) is 6.74. The molecule has 6 aromatic carbocycles. The highest BCUT2D eigenvalue weighted by atomic mass is 16.5. The van der Waals surface area contributed by atoms with Gasteiger partial charge in [0.25, 0.3) is 0 Å². The largest absolute Gasteiger partial charge is 0.472 e. The molecule has 0 aromatic heterocycles. The van der Waals surface area contributed by atoms with Crippen LogP contribution >= 0.6 is 0 Å². The zero-order valence-electron chi connectivity index (χ0n) is 31.7. The standard InChI is InChI=1S/C50H45NO5/c1-54-49(53)46-33-39-32-38(36-18-25-43(26-19-36)55-48(52)37-16-14-35(15-17-37)34-10-4-2-5-11-34)20-27-44(39)47-45(46)28-29-50(56-47,40-12-6-3-7-13-40)41-21-23-42(24-22-41)51-30-8-9-31-51/h3,6-7,12-29,32-34H,2,4-5,8-11,30-31H2,1H3. The maximum Gasteiger partial charge on any atom is 0.343 e. The zero-order valence-corrected chi connectivity index (χ0v) is 31.7. The quantitative estimate of drug-likeness (QED) is 0.114. The summed E-state index contributed by atoms with van der Waals surface area (Å²) in [7, 11) is 1.40. The van der Waals surface area contributed by atoms with Crippen LogP contribution in [0.5, 0.6) is 11.5 Å². The number of fused-ring (bicyclic) bond motifs is 3. The second-order valence-corrected chi connectivity index (χ2v) is 15.2. The van der Waals surface area contributed by atoms with Crippen molar-refractivity contribution in [3.05, 3.63) is 167 Å². The zero-order chi connectivity index (χ0) is 38.1. The molecule has 1 saturated heterocycles. The van der Waals surface area contributed by atoms with Crippen molar-refractivity contribution in [3.8, 4) is 22.6 Å². The SMILES string of the molecule is COC(=O)c1cc2cc(-c3ccc(OC(=O)c4ccc(C5CCCCC5)cc4)cc3)ccc2c2c1C=CC(c1ccccc1)(c1ccc(N3CCCC3)cc1)O2. The lowest BCUT2D eigenvalue weighted by Gasteiger charge is -2.37. The van der Waals surface area contributed by atoms with Crippen molar-refractivity contribution >= 4 is 34.5 Å². The van der Waals surface area contributed by atoms with Crippen molar-refractivity contribution in [2.75, 3.05) is 25.1 Å². The molecule has 6 aromatic rings. The summed E-state index contributed by atoms with van der Waals surface area (Å²) in [5, 5.41) is 1.73. The summed E-state index contributed by atoms with van der Waals surface area (Å²) in [5.41, 5.74) is 7.13. The molecule has 3 aliphatic rings. The van der Waals surface area contributed by atoms with Crippen molar-refractivity contribution in [3.63, 3.8) is 0 Å². The number of hydrogen-bond acceptors (Lipinski definition) is 6. The monoisotopic (exact) mass is 739 g/mol. The highest BCUT2D eigenvalue weighted by molar-refractivity contribution is 6.05. The maximum absolute atomic E-state index is 13.3. The minimum atomic E-state index is -0.928. The van der Waals surface area contributed by atoms with Crippen molar-refractivity contribution < 1.29 is 23.8 Å². The minimum absolute atomic E-state index is 0.373. The van der Waals surface area contributed by atoms with Gasteiger partial charge in [0, 0.05) is 40.9 Å². The predicted octanol–water partition coefficient (Wildman–Crippen LogP) is 11.5. The highest BCUT2D eigenvalue weighted by Gasteiger charge is 2.39. The molecule has 280 valence electrons. The maximum atomic E-state index is 13.3. The Morgan fingerprint density at radius 2 is 1.39 bits per heavy atom. The molecule has 6 nitrogen and oxygen atoms in total. The fourth-order valence-electron chi connectivity index (χ4n) is 8.79. The first kappa shape index (κ1) is 35.6. The molecular weight excluding hydrogens is 695 g/mol. The van der Waals surface area contributed by atoms with Crippen LogP contribution in [0, 0.1) is 0 Å². The number of rotatable bonds is 8. The lowest BCUT2D eigenvalue weighted by molar-refractivity contribution is 0.0598. The second-order valence-electron chi connectivity index (χ2n) is 15.2. The Kier molecular flexibility index (Phi) is 9.64. The predicted molar refractivity (Wildman–Crippen MR) is 223 cm³/mol. The average Bonchev–Trinajstić information content (AvgIpc) is 3.82. The molecule has 2 aliphatic heterocycles. The summed E-state index contributed by atoms with van der Waals surface area (Å²) in [6, 6.07) is 42.4. The summed E-state index contributed by atoms with van der Waals surface area (Å²) >= 11 is 0. The molecule has 1 saturated carbocycles. The number of carbonyl (C=O) groups is 2. The van der Waals surface area contributed by atoms with Gasteiger partial charge in [-0.05, 0) is 114 Å². The van der Waals surface area contributed by atoms with Gasteiger partial charge in [0.2, 0.25) is 0 Å². The second kappa shape index (κ2) is 15.2. The number of anilines is 1. The third-order valence-electron chi connectivity index (χ3n) is 11.9. The molecule has 9 rings (SSSR count). The van der Waals surface area contributed by atoms with E-state index in [0.29, 0.717) is 34.1 Å². The fourth-order valence-corrected chi connectivity index (χ4v) is 8.79. The average molecular weight is 740 g/mol. The normalized spacial score (nSPS) is 18.0. The van der Waals surface area contributed by atoms with Crippen LogP contribution in [0.25, 0.3) is 28.0 Å². The molecule has 0 spiro atoms. The third-order valence-corrected chi connectivity index (χ3v) is 11.9. The van der Waals surface area contributed by atoms with Gasteiger partial charge in [-0.2, -0.15) is 0 Å². The van der Waals surface area contributed by atoms with E-state index in [1.807, 2.05) is 66.7 Å². The molecular formula is C50H45NO5. The van der Waals surface area contributed by atoms with Gasteiger partial charge < -0.3 is 19.1 Å². The lowest BCUT2D eigenvalue weighted by Crippen LogP contribution is -2.34. The summed E-state index contributed by atoms with van der Waals surface area (Å²) in [6.45, 7) is 2.15. The van der Waals surface area contributed by atoms with Crippen LogP contribution in [0.2, 0.25) is 0 Å². The van der Waals surface area contributed by atoms with Crippen LogP contribution in [0.4, 0.5) is 5.69 Å². The Morgan fingerprint density at radius 1 is 0.696 bits per heavy atom. The van der Waals surface area contributed by atoms with Gasteiger partial charge in [0.05, 0.1) is 18.2 Å². The number of hydrogen-bond donors (Lipinski definition) is 0. The molecule has 56 heavy (non-hydrogen) atoms. The van der Waals surface area contributed by atoms with Crippen molar-refractivity contribution in [1.82, 2.24) is 0 Å². The number of ether oxygens (including phenoxy) is 3. The van der Waals surface area contributed by atoms with E-state index in [0.717, 1.165) is 46.1 Å². The first-order valence-electron chi connectivity index (χ1n) is 19.9. The van der Waals surface area contributed by atoms with Crippen LogP contribution in [0.1, 0.15) is 93.8 Å². The molecule has 0 amide bonds. The van der Waals surface area contributed by atoms with Crippen LogP contribution in [0.3, 0.4) is 0 Å². The number of benzene rings is 6. The molecule has 1 atom stereocenters. The Balaban J connectivity index is 1.02. The van der Waals surface area contributed by atoms with Gasteiger partial charge in [0.15, 0.2) is 5.60 Å². The number of carbonyl (C=O) groups excluding carboxylic acids is 2. The summed E-state index contributed by atoms with van der Waals surface area (Å²) < 4.78 is 18.3. The van der Waals surface area contributed by atoms with E-state index < -0.39 is 11.6 Å². The fraction of sp³-hybridized carbons (Fsp3) is 0.240. The van der Waals surface area contributed by atoms with Gasteiger partial charge in [-0.25, -0.2) is 9.59 Å². The van der Waals surface area contributed by atoms with Crippen LogP contribution in [-0.4, -0.2) is 32.1 Å². The van der Waals surface area contributed by atoms with Crippen molar-refractivity contribution in [2.45, 2.75) is 56.5 Å². The minimum Gasteiger partial charge on any atom is -0.472 e. The number of nitrogens with zero attached hydrogens (tertiary/aromatic N) is 1. The van der Waals surface area contributed by atoms with E-state index in [4.69, 9.17) is 14.2 Å². The van der Waals surface area contributed by atoms with Crippen LogP contribution in [-0.2, 0) is 10.3 Å². The molecule has 1 aliphatic carbocycles. The highest BCUT2D eigenvalue weighted by Crippen LogP contribution is 2.47. The molecule has 0 radical (unpaired) electrons. The summed E-state index contributed by atoms with van der Waals surface area (Å²) in [6.07, 6.45) is 12.8. The van der Waals surface area contributed by atoms with Crippen molar-refractivity contribution in [1.29, 1.82) is 0 Å². The Labute approximate surface area is 328 Å². The van der Waals surface area contributed by atoms with Gasteiger partial charge in [0.1, 0.15) is 11.5 Å². The van der Waals surface area contributed by atoms with Gasteiger partial charge in [-0.15, -0.1) is 0 Å². The summed E-state index contributed by atoms with van der Waals surface area (Å²) in [5.74, 6) is 0.881.